The summed E-state index contributed by atoms with van der Waals surface area (Å²) < 4.78 is 32.0. The van der Waals surface area contributed by atoms with Gasteiger partial charge < -0.3 is 15.4 Å². The smallest absolute Gasteiger partial charge is 0.203 e. The van der Waals surface area contributed by atoms with Gasteiger partial charge in [-0.15, -0.1) is 0 Å². The summed E-state index contributed by atoms with van der Waals surface area (Å²) in [5.74, 6) is 0.852. The van der Waals surface area contributed by atoms with E-state index in [0.717, 1.165) is 17.7 Å². The molecule has 1 aliphatic heterocycles. The number of ketones is 1. The Morgan fingerprint density at radius 3 is 2.55 bits per heavy atom. The fourth-order valence-electron chi connectivity index (χ4n) is 4.93. The zero-order valence-corrected chi connectivity index (χ0v) is 23.5. The Bertz CT molecular complexity index is 1450. The van der Waals surface area contributed by atoms with Crippen molar-refractivity contribution in [3.63, 3.8) is 0 Å². The van der Waals surface area contributed by atoms with Gasteiger partial charge in [0.1, 0.15) is 23.1 Å². The van der Waals surface area contributed by atoms with Crippen molar-refractivity contribution in [3.05, 3.63) is 60.2 Å². The van der Waals surface area contributed by atoms with Crippen LogP contribution in [0.1, 0.15) is 54.3 Å². The number of ether oxygens (including phenoxy) is 1. The number of nitrogens with zero attached hydrogens (tertiary/aromatic N) is 3. The summed E-state index contributed by atoms with van der Waals surface area (Å²) in [4.78, 5) is 24.5. The molecule has 1 aromatic carbocycles. The van der Waals surface area contributed by atoms with Crippen LogP contribution < -0.4 is 15.4 Å². The van der Waals surface area contributed by atoms with Gasteiger partial charge in [-0.3, -0.25) is 4.79 Å². The molecule has 38 heavy (non-hydrogen) atoms. The van der Waals surface area contributed by atoms with E-state index in [1.807, 2.05) is 24.3 Å². The Morgan fingerprint density at radius 1 is 1.16 bits per heavy atom. The first-order valence-corrected chi connectivity index (χ1v) is 14.5. The van der Waals surface area contributed by atoms with Crippen LogP contribution in [0, 0.1) is 11.8 Å². The number of aromatic nitrogens is 2. The SMILES string of the molecule is CC(C)COc1cccc(-c2ccc(C(=O)CS(=O)(=O)c3cccc(N)n3)c(N3C[C@@H](C)CC3(C)C)n2)c1.[HH].[HH]. The Morgan fingerprint density at radius 2 is 1.89 bits per heavy atom. The summed E-state index contributed by atoms with van der Waals surface area (Å²) >= 11 is 0. The van der Waals surface area contributed by atoms with Crippen LogP contribution in [-0.2, 0) is 9.84 Å². The van der Waals surface area contributed by atoms with E-state index in [1.54, 1.807) is 12.1 Å². The average Bonchev–Trinajstić information content (AvgIpc) is 3.13. The molecule has 0 bridgehead atoms. The first-order valence-electron chi connectivity index (χ1n) is 12.9. The summed E-state index contributed by atoms with van der Waals surface area (Å²) in [6, 6.07) is 15.5. The second-order valence-electron chi connectivity index (χ2n) is 11.1. The van der Waals surface area contributed by atoms with Crippen molar-refractivity contribution in [1.82, 2.24) is 9.97 Å². The van der Waals surface area contributed by atoms with Gasteiger partial charge in [0.15, 0.2) is 10.8 Å². The topological polar surface area (TPSA) is 115 Å². The molecular weight excluding hydrogens is 500 g/mol. The van der Waals surface area contributed by atoms with E-state index in [0.29, 0.717) is 36.5 Å². The van der Waals surface area contributed by atoms with Crippen LogP contribution in [0.25, 0.3) is 11.3 Å². The van der Waals surface area contributed by atoms with Gasteiger partial charge >= 0.3 is 0 Å². The molecule has 1 saturated heterocycles. The molecule has 2 aromatic heterocycles. The highest BCUT2D eigenvalue weighted by Gasteiger charge is 2.39. The molecule has 4 rings (SSSR count). The van der Waals surface area contributed by atoms with Crippen molar-refractivity contribution in [2.24, 2.45) is 11.8 Å². The van der Waals surface area contributed by atoms with Crippen molar-refractivity contribution in [2.45, 2.75) is 51.6 Å². The van der Waals surface area contributed by atoms with Crippen LogP contribution in [0.5, 0.6) is 5.75 Å². The number of nitrogens with two attached hydrogens (primary N) is 1. The van der Waals surface area contributed by atoms with Crippen molar-refractivity contribution in [2.75, 3.05) is 29.5 Å². The number of hydrogen-bond acceptors (Lipinski definition) is 8. The maximum Gasteiger partial charge on any atom is 0.203 e. The number of anilines is 2. The lowest BCUT2D eigenvalue weighted by atomic mass is 9.97. The number of carbonyl (C=O) groups is 1. The second kappa shape index (κ2) is 10.7. The van der Waals surface area contributed by atoms with Crippen LogP contribution in [0.3, 0.4) is 0 Å². The lowest BCUT2D eigenvalue weighted by Crippen LogP contribution is -2.40. The highest BCUT2D eigenvalue weighted by atomic mass is 32.2. The van der Waals surface area contributed by atoms with Crippen LogP contribution in [0.15, 0.2) is 59.6 Å². The van der Waals surface area contributed by atoms with Gasteiger partial charge in [-0.25, -0.2) is 18.4 Å². The summed E-state index contributed by atoms with van der Waals surface area (Å²) in [5, 5.41) is -0.217. The molecule has 0 saturated carbocycles. The molecule has 3 aromatic rings. The Hall–Kier alpha value is -3.46. The van der Waals surface area contributed by atoms with Crippen LogP contribution in [-0.4, -0.2) is 48.6 Å². The predicted octanol–water partition coefficient (Wildman–Crippen LogP) is 5.53. The third kappa shape index (κ3) is 6.15. The number of Topliss-reactive ketones (excluding diaryl/α,β-unsaturated/α-hetero) is 1. The molecule has 0 aliphatic carbocycles. The first-order chi connectivity index (χ1) is 17.9. The van der Waals surface area contributed by atoms with E-state index in [2.05, 4.69) is 44.5 Å². The zero-order valence-electron chi connectivity index (χ0n) is 22.6. The zero-order chi connectivity index (χ0) is 27.7. The minimum atomic E-state index is -3.99. The number of rotatable bonds is 9. The fourth-order valence-corrected chi connectivity index (χ4v) is 6.11. The van der Waals surface area contributed by atoms with E-state index >= 15 is 0 Å². The van der Waals surface area contributed by atoms with Crippen molar-refractivity contribution >= 4 is 27.3 Å². The van der Waals surface area contributed by atoms with Gasteiger partial charge in [0, 0.05) is 20.5 Å². The Labute approximate surface area is 228 Å². The van der Waals surface area contributed by atoms with Gasteiger partial charge in [-0.05, 0) is 68.5 Å². The first kappa shape index (κ1) is 27.6. The Balaban J connectivity index is 0.00000280. The van der Waals surface area contributed by atoms with E-state index in [4.69, 9.17) is 15.5 Å². The number of carbonyl (C=O) groups excluding carboxylic acids is 1. The van der Waals surface area contributed by atoms with E-state index < -0.39 is 21.4 Å². The molecule has 0 spiro atoms. The van der Waals surface area contributed by atoms with Gasteiger partial charge in [0.2, 0.25) is 9.84 Å². The molecule has 9 heteroatoms. The summed E-state index contributed by atoms with van der Waals surface area (Å²) in [6.45, 7) is 11.9. The summed E-state index contributed by atoms with van der Waals surface area (Å²) in [5.41, 5.74) is 7.23. The molecule has 0 amide bonds. The number of sulfone groups is 1. The van der Waals surface area contributed by atoms with Crippen molar-refractivity contribution < 1.29 is 20.8 Å². The van der Waals surface area contributed by atoms with E-state index in [9.17, 15) is 13.2 Å². The standard InChI is InChI=1S/C29H36N4O4S.2H2/c1-19(2)17-37-22-9-6-8-21(14-22)24-13-12-23(28(31-24)33-16-20(3)15-29(33,4)5)25(34)18-38(35,36)27-11-7-10-26(30)32-27;;/h6-14,19-20H,15-18H2,1-5H3,(H2,30,32);2*1H/t20-;;/m0../s1. The molecule has 1 aliphatic rings. The Kier molecular flexibility index (Phi) is 7.78. The number of pyridine rings is 2. The lowest BCUT2D eigenvalue weighted by Gasteiger charge is -2.34. The van der Waals surface area contributed by atoms with Crippen LogP contribution in [0.2, 0.25) is 0 Å². The molecule has 1 atom stereocenters. The van der Waals surface area contributed by atoms with Gasteiger partial charge in [-0.1, -0.05) is 39.0 Å². The third-order valence-corrected chi connectivity index (χ3v) is 8.11. The van der Waals surface area contributed by atoms with Gasteiger partial charge in [0.25, 0.3) is 0 Å². The van der Waals surface area contributed by atoms with Crippen molar-refractivity contribution in [1.29, 1.82) is 0 Å². The second-order valence-corrected chi connectivity index (χ2v) is 13.1. The molecular formula is C29H40N4O4S. The molecule has 0 radical (unpaired) electrons. The van der Waals surface area contributed by atoms with E-state index in [-0.39, 0.29) is 24.8 Å². The number of hydrogen-bond donors (Lipinski definition) is 1. The minimum absolute atomic E-state index is 0. The molecule has 206 valence electrons. The quantitative estimate of drug-likeness (QED) is 0.352. The van der Waals surface area contributed by atoms with Gasteiger partial charge in [0.05, 0.1) is 17.9 Å². The molecule has 8 nitrogen and oxygen atoms in total. The predicted molar refractivity (Wildman–Crippen MR) is 154 cm³/mol. The largest absolute Gasteiger partial charge is 0.493 e. The number of benzene rings is 1. The maximum absolute atomic E-state index is 13.5. The third-order valence-electron chi connectivity index (χ3n) is 6.60. The highest BCUT2D eigenvalue weighted by molar-refractivity contribution is 7.92. The molecule has 1 fully saturated rings. The maximum atomic E-state index is 13.5. The average molecular weight is 541 g/mol. The normalized spacial score (nSPS) is 17.1. The molecule has 0 unspecified atom stereocenters. The highest BCUT2D eigenvalue weighted by Crippen LogP contribution is 2.38. The van der Waals surface area contributed by atoms with Crippen LogP contribution >= 0.6 is 0 Å². The molecule has 3 heterocycles. The fraction of sp³-hybridized carbons (Fsp3) is 0.414. The summed E-state index contributed by atoms with van der Waals surface area (Å²) in [7, 11) is -3.99. The van der Waals surface area contributed by atoms with Crippen molar-refractivity contribution in [3.8, 4) is 17.0 Å². The van der Waals surface area contributed by atoms with Crippen LogP contribution in [0.4, 0.5) is 11.6 Å². The summed E-state index contributed by atoms with van der Waals surface area (Å²) in [6.07, 6.45) is 0.927. The molecule has 2 N–H and O–H groups in total. The monoisotopic (exact) mass is 540 g/mol. The number of nitrogen functional groups attached to an aromatic ring is 1. The van der Waals surface area contributed by atoms with E-state index in [1.165, 1.54) is 18.2 Å². The lowest BCUT2D eigenvalue weighted by molar-refractivity contribution is 0.102. The minimum Gasteiger partial charge on any atom is -0.493 e. The van der Waals surface area contributed by atoms with Gasteiger partial charge in [-0.2, -0.15) is 0 Å².